The van der Waals surface area contributed by atoms with Crippen LogP contribution >= 0.6 is 23.5 Å². The van der Waals surface area contributed by atoms with E-state index in [0.717, 1.165) is 38.9 Å². The first-order chi connectivity index (χ1) is 36.7. The van der Waals surface area contributed by atoms with Gasteiger partial charge in [-0.15, -0.1) is 23.5 Å². The second-order valence-corrected chi connectivity index (χ2v) is 21.3. The Labute approximate surface area is 447 Å². The lowest BCUT2D eigenvalue weighted by molar-refractivity contribution is -0.148. The molecule has 1 saturated heterocycles. The van der Waals surface area contributed by atoms with Gasteiger partial charge in [0.15, 0.2) is 0 Å². The Bertz CT molecular complexity index is 2850. The lowest BCUT2D eigenvalue weighted by Crippen LogP contribution is -2.59. The van der Waals surface area contributed by atoms with Crippen LogP contribution < -0.4 is 21.3 Å². The second kappa shape index (κ2) is 24.6. The van der Waals surface area contributed by atoms with E-state index in [4.69, 9.17) is 4.74 Å². The van der Waals surface area contributed by atoms with E-state index >= 15 is 0 Å². The summed E-state index contributed by atoms with van der Waals surface area (Å²) in [5, 5.41) is 11.7. The number of cyclic esters (lactones) is 1. The molecule has 0 radical (unpaired) electrons. The Morgan fingerprint density at radius 3 is 1.39 bits per heavy atom. The van der Waals surface area contributed by atoms with Crippen LogP contribution in [-0.4, -0.2) is 71.4 Å². The van der Waals surface area contributed by atoms with Gasteiger partial charge in [-0.3, -0.25) is 24.0 Å². The van der Waals surface area contributed by atoms with Crippen molar-refractivity contribution >= 4 is 53.1 Å². The average molecular weight is 1030 g/mol. The Balaban J connectivity index is 0.994. The van der Waals surface area contributed by atoms with E-state index < -0.39 is 69.4 Å². The van der Waals surface area contributed by atoms with Crippen molar-refractivity contribution in [3.63, 3.8) is 0 Å². The Morgan fingerprint density at radius 2 is 0.947 bits per heavy atom. The quantitative estimate of drug-likeness (QED) is 0.0325. The molecule has 1 spiro atoms. The number of hydrogen-bond donors (Lipinski definition) is 4. The fraction of sp³-hybridized carbons (Fsp3) is 0.222. The number of amides is 4. The van der Waals surface area contributed by atoms with Gasteiger partial charge in [-0.1, -0.05) is 218 Å². The van der Waals surface area contributed by atoms with Gasteiger partial charge < -0.3 is 26.0 Å². The molecular formula is C63H60N4O6S2. The van der Waals surface area contributed by atoms with Crippen LogP contribution in [0.15, 0.2) is 224 Å². The minimum absolute atomic E-state index is 0.0700. The normalized spacial score (nSPS) is 18.6. The van der Waals surface area contributed by atoms with Gasteiger partial charge in [-0.25, -0.2) is 0 Å². The van der Waals surface area contributed by atoms with E-state index in [0.29, 0.717) is 25.0 Å². The number of benzene rings is 7. The smallest absolute Gasteiger partial charge is 0.326 e. The minimum atomic E-state index is -1.29. The van der Waals surface area contributed by atoms with Crippen molar-refractivity contribution in [3.8, 4) is 0 Å². The first-order valence-electron chi connectivity index (χ1n) is 25.4. The zero-order valence-corrected chi connectivity index (χ0v) is 43.1. The van der Waals surface area contributed by atoms with Crippen LogP contribution in [-0.2, 0) is 44.6 Å². The first-order valence-corrected chi connectivity index (χ1v) is 27.4. The lowest BCUT2D eigenvalue weighted by Gasteiger charge is -2.37. The standard InChI is InChI=1S/C63H60N4O6S2/c68-56-43-53(38-22-23-41-74-62(47-26-10-2-11-27-47,48-28-12-3-13-29-48)49-30-14-4-15-31-49)73-57(69)44-64-60(72)61(39-40-61)67-59(71)55(66-58(70)54(65-56)42-46-24-8-1-9-25-46)45-75-63(50-32-16-5-17-33-50,51-34-18-6-19-35-51)52-36-20-7-21-37-52/h1-22,24-38,53-55H,23,39-45H2,(H,64,72)(H,65,68)(H,66,70)(H,67,71)/t53-,54-,55-/m1/s1. The summed E-state index contributed by atoms with van der Waals surface area (Å²) in [7, 11) is 0. The van der Waals surface area contributed by atoms with E-state index in [2.05, 4.69) is 130 Å². The summed E-state index contributed by atoms with van der Waals surface area (Å²) < 4.78 is 4.53. The second-order valence-electron chi connectivity index (χ2n) is 18.8. The van der Waals surface area contributed by atoms with Crippen molar-refractivity contribution < 1.29 is 28.7 Å². The molecule has 1 heterocycles. The summed E-state index contributed by atoms with van der Waals surface area (Å²) in [6, 6.07) is 68.4. The molecule has 0 bridgehead atoms. The molecule has 1 saturated carbocycles. The molecule has 3 atom stereocenters. The van der Waals surface area contributed by atoms with E-state index in [-0.39, 0.29) is 18.6 Å². The molecule has 75 heavy (non-hydrogen) atoms. The SMILES string of the molecule is O=C1C[C@@H](C=CCCSC(c2ccccc2)(c2ccccc2)c2ccccc2)OC(=O)CNC(=O)C2(CC2)NC(=O)[C@@H](CSC(c2ccccc2)(c2ccccc2)c2ccccc2)NC(=O)[C@@H](Cc2ccccc2)N1. The number of hydrogen-bond acceptors (Lipinski definition) is 8. The number of rotatable bonds is 16. The third-order valence-electron chi connectivity index (χ3n) is 13.7. The number of carbonyl (C=O) groups is 5. The predicted octanol–water partition coefficient (Wildman–Crippen LogP) is 9.68. The monoisotopic (exact) mass is 1030 g/mol. The molecule has 12 heteroatoms. The topological polar surface area (TPSA) is 143 Å². The molecule has 4 N–H and O–H groups in total. The van der Waals surface area contributed by atoms with E-state index in [1.165, 1.54) is 11.8 Å². The highest BCUT2D eigenvalue weighted by molar-refractivity contribution is 8.00. The first kappa shape index (κ1) is 52.2. The van der Waals surface area contributed by atoms with Crippen LogP contribution in [0.1, 0.15) is 64.6 Å². The zero-order valence-electron chi connectivity index (χ0n) is 41.5. The number of thioether (sulfide) groups is 2. The van der Waals surface area contributed by atoms with Crippen molar-refractivity contribution in [2.75, 3.05) is 18.1 Å². The van der Waals surface area contributed by atoms with E-state index in [1.54, 1.807) is 17.8 Å². The van der Waals surface area contributed by atoms with Crippen LogP contribution in [0.25, 0.3) is 0 Å². The maximum atomic E-state index is 14.9. The molecule has 7 aromatic rings. The summed E-state index contributed by atoms with van der Waals surface area (Å²) in [5.41, 5.74) is 5.79. The van der Waals surface area contributed by atoms with Gasteiger partial charge in [0.2, 0.25) is 23.6 Å². The van der Waals surface area contributed by atoms with Crippen molar-refractivity contribution in [2.24, 2.45) is 0 Å². The third kappa shape index (κ3) is 12.5. The molecular weight excluding hydrogens is 973 g/mol. The number of allylic oxidation sites excluding steroid dienone is 1. The van der Waals surface area contributed by atoms with Gasteiger partial charge in [-0.05, 0) is 70.0 Å². The number of nitrogens with one attached hydrogen (secondary N) is 4. The minimum Gasteiger partial charge on any atom is -0.456 e. The Morgan fingerprint density at radius 1 is 0.520 bits per heavy atom. The predicted molar refractivity (Wildman–Crippen MR) is 299 cm³/mol. The zero-order chi connectivity index (χ0) is 51.9. The third-order valence-corrected chi connectivity index (χ3v) is 16.9. The largest absolute Gasteiger partial charge is 0.456 e. The van der Waals surface area contributed by atoms with Crippen LogP contribution in [0, 0.1) is 0 Å². The summed E-state index contributed by atoms with van der Waals surface area (Å²) in [4.78, 5) is 71.4. The molecule has 7 aromatic carbocycles. The van der Waals surface area contributed by atoms with Gasteiger partial charge >= 0.3 is 5.97 Å². The van der Waals surface area contributed by atoms with Crippen LogP contribution in [0.2, 0.25) is 0 Å². The molecule has 9 rings (SSSR count). The van der Waals surface area contributed by atoms with Crippen LogP contribution in [0.4, 0.5) is 0 Å². The molecule has 0 aromatic heterocycles. The van der Waals surface area contributed by atoms with Crippen molar-refractivity contribution in [2.45, 2.75) is 65.3 Å². The summed E-state index contributed by atoms with van der Waals surface area (Å²) in [6.45, 7) is -0.480. The number of carbonyl (C=O) groups excluding carboxylic acids is 5. The Kier molecular flexibility index (Phi) is 17.1. The van der Waals surface area contributed by atoms with Gasteiger partial charge in [0.1, 0.15) is 30.3 Å². The van der Waals surface area contributed by atoms with Gasteiger partial charge in [0.05, 0.1) is 15.9 Å². The van der Waals surface area contributed by atoms with E-state index in [1.807, 2.05) is 109 Å². The Hall–Kier alpha value is -7.67. The average Bonchev–Trinajstić information content (AvgIpc) is 4.25. The molecule has 10 nitrogen and oxygen atoms in total. The maximum Gasteiger partial charge on any atom is 0.326 e. The molecule has 4 amide bonds. The van der Waals surface area contributed by atoms with Gasteiger partial charge in [0.25, 0.3) is 0 Å². The molecule has 0 unspecified atom stereocenters. The van der Waals surface area contributed by atoms with E-state index in [9.17, 15) is 24.0 Å². The van der Waals surface area contributed by atoms with Crippen molar-refractivity contribution in [3.05, 3.63) is 263 Å². The number of ether oxygens (including phenoxy) is 1. The molecule has 1 aliphatic heterocycles. The van der Waals surface area contributed by atoms with Crippen LogP contribution in [0.5, 0.6) is 0 Å². The fourth-order valence-corrected chi connectivity index (χ4v) is 12.8. The highest BCUT2D eigenvalue weighted by Crippen LogP contribution is 2.50. The summed E-state index contributed by atoms with van der Waals surface area (Å²) in [6.07, 6.45) is 3.63. The van der Waals surface area contributed by atoms with Crippen molar-refractivity contribution in [1.82, 2.24) is 21.3 Å². The van der Waals surface area contributed by atoms with Gasteiger partial charge in [0, 0.05) is 12.2 Å². The summed E-state index contributed by atoms with van der Waals surface area (Å²) >= 11 is 3.28. The fourth-order valence-electron chi connectivity index (χ4n) is 9.76. The van der Waals surface area contributed by atoms with Crippen molar-refractivity contribution in [1.29, 1.82) is 0 Å². The highest BCUT2D eigenvalue weighted by atomic mass is 32.2. The summed E-state index contributed by atoms with van der Waals surface area (Å²) in [5.74, 6) is -2.25. The molecule has 1 aliphatic carbocycles. The lowest BCUT2D eigenvalue weighted by atomic mass is 9.84. The molecule has 380 valence electrons. The molecule has 2 fully saturated rings. The van der Waals surface area contributed by atoms with Gasteiger partial charge in [-0.2, -0.15) is 0 Å². The van der Waals surface area contributed by atoms with Crippen LogP contribution in [0.3, 0.4) is 0 Å². The molecule has 2 aliphatic rings. The highest BCUT2D eigenvalue weighted by Gasteiger charge is 2.52. The number of esters is 1. The maximum absolute atomic E-state index is 14.9.